The molecule has 1 saturated carbocycles. The molecule has 1 aromatic rings. The Hall–Kier alpha value is 0.340. The summed E-state index contributed by atoms with van der Waals surface area (Å²) in [4.78, 5) is 0. The standard InChI is InChI=1S/C9H11BrClNO3S2/c10-8-6(11)4-7(16-8)17(14,15)12-9(5-13)2-1-3-9/h4,12-13H,1-3,5H2. The molecule has 0 saturated heterocycles. The molecule has 1 heterocycles. The first-order valence-electron chi connectivity index (χ1n) is 4.98. The molecule has 0 bridgehead atoms. The van der Waals surface area contributed by atoms with E-state index < -0.39 is 15.6 Å². The quantitative estimate of drug-likeness (QED) is 0.866. The molecule has 96 valence electrons. The lowest BCUT2D eigenvalue weighted by atomic mass is 9.78. The van der Waals surface area contributed by atoms with Crippen LogP contribution >= 0.6 is 38.9 Å². The summed E-state index contributed by atoms with van der Waals surface area (Å²) in [6, 6.07) is 1.41. The fourth-order valence-electron chi connectivity index (χ4n) is 1.69. The molecule has 0 aromatic carbocycles. The molecule has 1 fully saturated rings. The van der Waals surface area contributed by atoms with Crippen LogP contribution in [-0.4, -0.2) is 25.7 Å². The summed E-state index contributed by atoms with van der Waals surface area (Å²) in [6.07, 6.45) is 2.27. The topological polar surface area (TPSA) is 66.4 Å². The van der Waals surface area contributed by atoms with Gasteiger partial charge in [-0.1, -0.05) is 11.6 Å². The summed E-state index contributed by atoms with van der Waals surface area (Å²) in [5, 5.41) is 9.62. The normalized spacial score (nSPS) is 19.0. The second-order valence-electron chi connectivity index (χ2n) is 4.08. The predicted octanol–water partition coefficient (Wildman–Crippen LogP) is 2.36. The fraction of sp³-hybridized carbons (Fsp3) is 0.556. The first-order valence-corrected chi connectivity index (χ1v) is 8.45. The van der Waals surface area contributed by atoms with Crippen molar-refractivity contribution < 1.29 is 13.5 Å². The summed E-state index contributed by atoms with van der Waals surface area (Å²) in [5.74, 6) is 0. The van der Waals surface area contributed by atoms with Gasteiger partial charge in [0.2, 0.25) is 0 Å². The molecule has 1 aliphatic carbocycles. The van der Waals surface area contributed by atoms with E-state index in [0.29, 0.717) is 21.7 Å². The first-order chi connectivity index (χ1) is 7.88. The molecule has 8 heteroatoms. The van der Waals surface area contributed by atoms with Crippen molar-refractivity contribution in [3.63, 3.8) is 0 Å². The van der Waals surface area contributed by atoms with Crippen LogP contribution in [0.5, 0.6) is 0 Å². The second-order valence-corrected chi connectivity index (χ2v) is 8.77. The number of thiophene rings is 1. The predicted molar refractivity (Wildman–Crippen MR) is 71.0 cm³/mol. The van der Waals surface area contributed by atoms with E-state index >= 15 is 0 Å². The zero-order valence-corrected chi connectivity index (χ0v) is 12.7. The number of rotatable bonds is 4. The molecule has 2 rings (SSSR count). The number of aliphatic hydroxyl groups excluding tert-OH is 1. The smallest absolute Gasteiger partial charge is 0.250 e. The zero-order chi connectivity index (χ0) is 12.7. The first kappa shape index (κ1) is 13.8. The van der Waals surface area contributed by atoms with E-state index in [1.54, 1.807) is 0 Å². The van der Waals surface area contributed by atoms with E-state index in [0.717, 1.165) is 17.8 Å². The summed E-state index contributed by atoms with van der Waals surface area (Å²) < 4.78 is 27.5. The van der Waals surface area contributed by atoms with Crippen molar-refractivity contribution in [1.29, 1.82) is 0 Å². The Morgan fingerprint density at radius 2 is 2.24 bits per heavy atom. The Bertz CT molecular complexity index is 499. The molecule has 1 aliphatic rings. The molecular weight excluding hydrogens is 350 g/mol. The molecule has 0 unspecified atom stereocenters. The van der Waals surface area contributed by atoms with Crippen LogP contribution in [0.1, 0.15) is 19.3 Å². The van der Waals surface area contributed by atoms with E-state index in [4.69, 9.17) is 11.6 Å². The van der Waals surface area contributed by atoms with Crippen LogP contribution in [-0.2, 0) is 10.0 Å². The molecule has 2 N–H and O–H groups in total. The molecule has 1 aromatic heterocycles. The van der Waals surface area contributed by atoms with Gasteiger partial charge in [0.15, 0.2) is 0 Å². The largest absolute Gasteiger partial charge is 0.394 e. The zero-order valence-electron chi connectivity index (χ0n) is 8.74. The van der Waals surface area contributed by atoms with Crippen LogP contribution in [0.4, 0.5) is 0 Å². The van der Waals surface area contributed by atoms with Crippen molar-refractivity contribution in [2.45, 2.75) is 29.0 Å². The van der Waals surface area contributed by atoms with E-state index in [9.17, 15) is 13.5 Å². The van der Waals surface area contributed by atoms with Crippen LogP contribution < -0.4 is 4.72 Å². The third-order valence-electron chi connectivity index (χ3n) is 2.85. The van der Waals surface area contributed by atoms with Gasteiger partial charge in [-0.3, -0.25) is 0 Å². The second kappa shape index (κ2) is 4.79. The van der Waals surface area contributed by atoms with Crippen LogP contribution in [0, 0.1) is 0 Å². The third kappa shape index (κ3) is 2.69. The van der Waals surface area contributed by atoms with Crippen molar-refractivity contribution in [3.05, 3.63) is 14.9 Å². The highest BCUT2D eigenvalue weighted by atomic mass is 79.9. The molecule has 0 amide bonds. The Morgan fingerprint density at radius 3 is 2.59 bits per heavy atom. The average molecular weight is 361 g/mol. The Labute approximate surface area is 117 Å². The Morgan fingerprint density at radius 1 is 1.59 bits per heavy atom. The molecule has 0 atom stereocenters. The van der Waals surface area contributed by atoms with Crippen molar-refractivity contribution >= 4 is 48.9 Å². The molecule has 17 heavy (non-hydrogen) atoms. The van der Waals surface area contributed by atoms with Crippen molar-refractivity contribution in [1.82, 2.24) is 4.72 Å². The summed E-state index contributed by atoms with van der Waals surface area (Å²) in [5.41, 5.74) is -0.679. The summed E-state index contributed by atoms with van der Waals surface area (Å²) >= 11 is 10.1. The summed E-state index contributed by atoms with van der Waals surface area (Å²) in [7, 11) is -3.60. The molecule has 0 spiro atoms. The average Bonchev–Trinajstić information content (AvgIpc) is 2.54. The van der Waals surface area contributed by atoms with Gasteiger partial charge in [0.05, 0.1) is 21.0 Å². The maximum Gasteiger partial charge on any atom is 0.250 e. The van der Waals surface area contributed by atoms with Gasteiger partial charge in [-0.05, 0) is 41.3 Å². The van der Waals surface area contributed by atoms with E-state index in [-0.39, 0.29) is 10.8 Å². The van der Waals surface area contributed by atoms with Crippen molar-refractivity contribution in [3.8, 4) is 0 Å². The highest BCUT2D eigenvalue weighted by molar-refractivity contribution is 9.11. The van der Waals surface area contributed by atoms with Crippen molar-refractivity contribution in [2.24, 2.45) is 0 Å². The minimum Gasteiger partial charge on any atom is -0.394 e. The maximum atomic E-state index is 12.1. The van der Waals surface area contributed by atoms with E-state index in [1.165, 1.54) is 6.07 Å². The van der Waals surface area contributed by atoms with Gasteiger partial charge >= 0.3 is 0 Å². The van der Waals surface area contributed by atoms with Gasteiger partial charge in [-0.2, -0.15) is 0 Å². The molecular formula is C9H11BrClNO3S2. The third-order valence-corrected chi connectivity index (χ3v) is 7.38. The van der Waals surface area contributed by atoms with Crippen molar-refractivity contribution in [2.75, 3.05) is 6.61 Å². The highest BCUT2D eigenvalue weighted by Gasteiger charge is 2.40. The van der Waals surface area contributed by atoms with Crippen LogP contribution in [0.15, 0.2) is 14.1 Å². The number of halogens is 2. The van der Waals surface area contributed by atoms with E-state index in [1.807, 2.05) is 0 Å². The van der Waals surface area contributed by atoms with E-state index in [2.05, 4.69) is 20.7 Å². The maximum absolute atomic E-state index is 12.1. The van der Waals surface area contributed by atoms with Gasteiger partial charge in [-0.15, -0.1) is 11.3 Å². The Balaban J connectivity index is 2.25. The number of hydrogen-bond donors (Lipinski definition) is 2. The van der Waals surface area contributed by atoms with Gasteiger partial charge in [0.1, 0.15) is 4.21 Å². The lowest BCUT2D eigenvalue weighted by molar-refractivity contribution is 0.111. The Kier molecular flexibility index (Phi) is 3.88. The number of aliphatic hydroxyl groups is 1. The molecule has 4 nitrogen and oxygen atoms in total. The minimum atomic E-state index is -3.60. The van der Waals surface area contributed by atoms with Gasteiger partial charge in [0, 0.05) is 0 Å². The van der Waals surface area contributed by atoms with Crippen LogP contribution in [0.3, 0.4) is 0 Å². The van der Waals surface area contributed by atoms with Gasteiger partial charge < -0.3 is 5.11 Å². The van der Waals surface area contributed by atoms with Crippen LogP contribution in [0.25, 0.3) is 0 Å². The molecule has 0 aliphatic heterocycles. The monoisotopic (exact) mass is 359 g/mol. The SMILES string of the molecule is O=S(=O)(NC1(CO)CCC1)c1cc(Cl)c(Br)s1. The summed E-state index contributed by atoms with van der Waals surface area (Å²) in [6.45, 7) is -0.174. The lowest BCUT2D eigenvalue weighted by Crippen LogP contribution is -2.55. The number of sulfonamides is 1. The molecule has 0 radical (unpaired) electrons. The highest BCUT2D eigenvalue weighted by Crippen LogP contribution is 2.37. The van der Waals surface area contributed by atoms with Crippen LogP contribution in [0.2, 0.25) is 5.02 Å². The van der Waals surface area contributed by atoms with Gasteiger partial charge in [0.25, 0.3) is 10.0 Å². The number of hydrogen-bond acceptors (Lipinski definition) is 4. The van der Waals surface area contributed by atoms with Gasteiger partial charge in [-0.25, -0.2) is 13.1 Å². The lowest BCUT2D eigenvalue weighted by Gasteiger charge is -2.40. The fourth-order valence-corrected chi connectivity index (χ4v) is 5.54. The minimum absolute atomic E-state index is 0.161. The number of nitrogens with one attached hydrogen (secondary N) is 1.